The molecule has 2 saturated heterocycles. The van der Waals surface area contributed by atoms with Crippen LogP contribution < -0.4 is 0 Å². The number of amides is 1. The first-order chi connectivity index (χ1) is 13.4. The van der Waals surface area contributed by atoms with Crippen LogP contribution in [0.4, 0.5) is 13.2 Å². The second-order valence-electron chi connectivity index (χ2n) is 8.00. The lowest BCUT2D eigenvalue weighted by atomic mass is 9.78. The van der Waals surface area contributed by atoms with Gasteiger partial charge < -0.3 is 14.7 Å². The minimum atomic E-state index is -5.08. The number of aliphatic carboxylic acids is 1. The monoisotopic (exact) mass is 416 g/mol. The van der Waals surface area contributed by atoms with E-state index in [2.05, 4.69) is 36.1 Å². The predicted molar refractivity (Wildman–Crippen MR) is 100 cm³/mol. The summed E-state index contributed by atoms with van der Waals surface area (Å²) in [5.74, 6) is -2.05. The molecule has 2 heterocycles. The number of likely N-dealkylation sites (tertiary alicyclic amines) is 1. The number of hydrogen-bond donors (Lipinski definition) is 1. The molecule has 1 amide bonds. The lowest BCUT2D eigenvalue weighted by Crippen LogP contribution is -2.37. The first kappa shape index (κ1) is 23.2. The molecular formula is C20H27F3N2O4. The molecule has 2 fully saturated rings. The van der Waals surface area contributed by atoms with Crippen LogP contribution in [0.1, 0.15) is 17.5 Å². The summed E-state index contributed by atoms with van der Waals surface area (Å²) in [6, 6.07) is 8.70. The van der Waals surface area contributed by atoms with Gasteiger partial charge in [0.2, 0.25) is 5.91 Å². The summed E-state index contributed by atoms with van der Waals surface area (Å²) in [5, 5.41) is 7.12. The van der Waals surface area contributed by atoms with Gasteiger partial charge >= 0.3 is 12.1 Å². The Balaban J connectivity index is 0.000000370. The minimum absolute atomic E-state index is 0.0190. The fourth-order valence-corrected chi connectivity index (χ4v) is 3.84. The van der Waals surface area contributed by atoms with E-state index in [-0.39, 0.29) is 11.3 Å². The van der Waals surface area contributed by atoms with E-state index in [4.69, 9.17) is 14.6 Å². The Morgan fingerprint density at radius 2 is 2.00 bits per heavy atom. The highest BCUT2D eigenvalue weighted by atomic mass is 19.4. The van der Waals surface area contributed by atoms with E-state index in [1.54, 1.807) is 4.90 Å². The first-order valence-corrected chi connectivity index (χ1v) is 9.29. The highest BCUT2D eigenvalue weighted by Crippen LogP contribution is 2.44. The van der Waals surface area contributed by atoms with Crippen LogP contribution in [-0.4, -0.2) is 73.4 Å². The Labute approximate surface area is 168 Å². The van der Waals surface area contributed by atoms with Crippen molar-refractivity contribution < 1.29 is 32.6 Å². The van der Waals surface area contributed by atoms with Gasteiger partial charge in [-0.15, -0.1) is 0 Å². The van der Waals surface area contributed by atoms with Crippen molar-refractivity contribution in [3.05, 3.63) is 35.4 Å². The van der Waals surface area contributed by atoms with E-state index in [1.807, 2.05) is 14.1 Å². The molecule has 0 spiro atoms. The Bertz CT molecular complexity index is 739. The van der Waals surface area contributed by atoms with Gasteiger partial charge in [-0.2, -0.15) is 13.2 Å². The number of ether oxygens (including phenoxy) is 1. The zero-order valence-electron chi connectivity index (χ0n) is 16.8. The van der Waals surface area contributed by atoms with Crippen LogP contribution in [0.3, 0.4) is 0 Å². The van der Waals surface area contributed by atoms with E-state index in [1.165, 1.54) is 11.1 Å². The molecule has 1 aromatic carbocycles. The van der Waals surface area contributed by atoms with Gasteiger partial charge in [-0.05, 0) is 12.5 Å². The zero-order valence-corrected chi connectivity index (χ0v) is 16.8. The van der Waals surface area contributed by atoms with Crippen LogP contribution in [0.25, 0.3) is 0 Å². The molecule has 0 aromatic heterocycles. The first-order valence-electron chi connectivity index (χ1n) is 9.29. The SMILES string of the molecule is Cc1cccc(CN2C[C@@H]3COC[C@]3(CC(=O)N(C)C)C2)c1.O=C(O)C(F)(F)F. The molecule has 1 N–H and O–H groups in total. The summed E-state index contributed by atoms with van der Waals surface area (Å²) in [5.41, 5.74) is 2.68. The van der Waals surface area contributed by atoms with Gasteiger partial charge in [0.15, 0.2) is 0 Å². The largest absolute Gasteiger partial charge is 0.490 e. The fourth-order valence-electron chi connectivity index (χ4n) is 3.84. The van der Waals surface area contributed by atoms with Crippen molar-refractivity contribution in [2.24, 2.45) is 11.3 Å². The molecule has 1 aromatic rings. The Kier molecular flexibility index (Phi) is 7.29. The van der Waals surface area contributed by atoms with Crippen molar-refractivity contribution in [3.63, 3.8) is 0 Å². The van der Waals surface area contributed by atoms with Crippen LogP contribution >= 0.6 is 0 Å². The maximum Gasteiger partial charge on any atom is 0.490 e. The van der Waals surface area contributed by atoms with Crippen molar-refractivity contribution in [1.82, 2.24) is 9.80 Å². The molecular weight excluding hydrogens is 389 g/mol. The molecule has 2 atom stereocenters. The highest BCUT2D eigenvalue weighted by molar-refractivity contribution is 5.76. The van der Waals surface area contributed by atoms with Gasteiger partial charge in [0.05, 0.1) is 13.2 Å². The van der Waals surface area contributed by atoms with Gasteiger partial charge in [0.25, 0.3) is 0 Å². The number of carboxylic acid groups (broad SMARTS) is 1. The van der Waals surface area contributed by atoms with Gasteiger partial charge in [-0.25, -0.2) is 4.79 Å². The topological polar surface area (TPSA) is 70.1 Å². The van der Waals surface area contributed by atoms with E-state index < -0.39 is 12.1 Å². The second-order valence-corrected chi connectivity index (χ2v) is 8.00. The number of aryl methyl sites for hydroxylation is 1. The summed E-state index contributed by atoms with van der Waals surface area (Å²) in [7, 11) is 3.67. The number of nitrogens with zero attached hydrogens (tertiary/aromatic N) is 2. The molecule has 0 saturated carbocycles. The maximum atomic E-state index is 12.2. The van der Waals surface area contributed by atoms with Gasteiger partial charge in [-0.3, -0.25) is 9.69 Å². The van der Waals surface area contributed by atoms with Crippen LogP contribution in [0.2, 0.25) is 0 Å². The summed E-state index contributed by atoms with van der Waals surface area (Å²) in [6.07, 6.45) is -4.48. The molecule has 0 bridgehead atoms. The molecule has 0 radical (unpaired) electrons. The third-order valence-corrected chi connectivity index (χ3v) is 5.32. The number of alkyl halides is 3. The Hall–Kier alpha value is -2.13. The van der Waals surface area contributed by atoms with Crippen LogP contribution in [0.5, 0.6) is 0 Å². The lowest BCUT2D eigenvalue weighted by molar-refractivity contribution is -0.192. The standard InChI is InChI=1S/C18H26N2O2.C2HF3O2/c1-14-5-4-6-15(7-14)9-20-10-16-11-22-13-18(16,12-20)8-17(21)19(2)3;3-2(4,5)1(6)7/h4-7,16H,8-13H2,1-3H3;(H,6,7)/t16-,18+;/m1./s1. The summed E-state index contributed by atoms with van der Waals surface area (Å²) in [4.78, 5) is 25.3. The second kappa shape index (κ2) is 9.13. The maximum absolute atomic E-state index is 12.2. The van der Waals surface area contributed by atoms with E-state index in [0.717, 1.165) is 32.8 Å². The van der Waals surface area contributed by atoms with E-state index in [0.29, 0.717) is 12.3 Å². The number of carbonyl (C=O) groups is 2. The van der Waals surface area contributed by atoms with Crippen LogP contribution in [-0.2, 0) is 20.9 Å². The Morgan fingerprint density at radius 1 is 1.34 bits per heavy atom. The number of hydrogen-bond acceptors (Lipinski definition) is 4. The molecule has 0 unspecified atom stereocenters. The third-order valence-electron chi connectivity index (χ3n) is 5.32. The molecule has 6 nitrogen and oxygen atoms in total. The van der Waals surface area contributed by atoms with Crippen molar-refractivity contribution in [2.45, 2.75) is 26.1 Å². The van der Waals surface area contributed by atoms with Crippen molar-refractivity contribution in [1.29, 1.82) is 0 Å². The summed E-state index contributed by atoms with van der Waals surface area (Å²) >= 11 is 0. The van der Waals surface area contributed by atoms with Crippen LogP contribution in [0.15, 0.2) is 24.3 Å². The molecule has 162 valence electrons. The molecule has 29 heavy (non-hydrogen) atoms. The van der Waals surface area contributed by atoms with Crippen molar-refractivity contribution in [2.75, 3.05) is 40.4 Å². The number of carboxylic acids is 1. The quantitative estimate of drug-likeness (QED) is 0.817. The number of fused-ring (bicyclic) bond motifs is 1. The highest BCUT2D eigenvalue weighted by Gasteiger charge is 2.51. The van der Waals surface area contributed by atoms with Gasteiger partial charge in [0, 0.05) is 51.5 Å². The van der Waals surface area contributed by atoms with E-state index in [9.17, 15) is 18.0 Å². The van der Waals surface area contributed by atoms with Crippen molar-refractivity contribution in [3.8, 4) is 0 Å². The number of halogens is 3. The predicted octanol–water partition coefficient (Wildman–Crippen LogP) is 2.56. The van der Waals surface area contributed by atoms with Crippen LogP contribution in [0, 0.1) is 18.3 Å². The van der Waals surface area contributed by atoms with Gasteiger partial charge in [-0.1, -0.05) is 29.8 Å². The molecule has 2 aliphatic rings. The average Bonchev–Trinajstić information content (AvgIpc) is 3.10. The molecule has 3 rings (SSSR count). The smallest absolute Gasteiger partial charge is 0.475 e. The minimum Gasteiger partial charge on any atom is -0.475 e. The van der Waals surface area contributed by atoms with E-state index >= 15 is 0 Å². The Morgan fingerprint density at radius 3 is 2.55 bits per heavy atom. The number of rotatable bonds is 4. The fraction of sp³-hybridized carbons (Fsp3) is 0.600. The number of carbonyl (C=O) groups excluding carboxylic acids is 1. The molecule has 2 aliphatic heterocycles. The summed E-state index contributed by atoms with van der Waals surface area (Å²) < 4.78 is 37.5. The lowest BCUT2D eigenvalue weighted by Gasteiger charge is -2.28. The van der Waals surface area contributed by atoms with Gasteiger partial charge in [0.1, 0.15) is 0 Å². The van der Waals surface area contributed by atoms with Crippen molar-refractivity contribution >= 4 is 11.9 Å². The molecule has 0 aliphatic carbocycles. The average molecular weight is 416 g/mol. The normalized spacial score (nSPS) is 23.9. The molecule has 9 heteroatoms. The third kappa shape index (κ3) is 6.17. The summed E-state index contributed by atoms with van der Waals surface area (Å²) in [6.45, 7) is 6.62. The number of benzene rings is 1. The zero-order chi connectivity index (χ0) is 21.8.